The van der Waals surface area contributed by atoms with Gasteiger partial charge in [0.05, 0.1) is 0 Å². The quantitative estimate of drug-likeness (QED) is 0.598. The second-order valence-corrected chi connectivity index (χ2v) is 2.19. The summed E-state index contributed by atoms with van der Waals surface area (Å²) in [7, 11) is 1.73. The second-order valence-electron chi connectivity index (χ2n) is 2.19. The molecule has 1 N–H and O–H groups in total. The topological polar surface area (TPSA) is 40.5 Å². The van der Waals surface area contributed by atoms with Gasteiger partial charge < -0.3 is 10.0 Å². The highest BCUT2D eigenvalue weighted by atomic mass is 19.1. The van der Waals surface area contributed by atoms with Gasteiger partial charge in [-0.25, -0.2) is 9.18 Å². The van der Waals surface area contributed by atoms with Crippen molar-refractivity contribution in [1.82, 2.24) is 4.90 Å². The first-order chi connectivity index (χ1) is 5.16. The summed E-state index contributed by atoms with van der Waals surface area (Å²) in [5.74, 6) is -0.973. The molecule has 0 bridgehead atoms. The summed E-state index contributed by atoms with van der Waals surface area (Å²) in [4.78, 5) is 11.7. The van der Waals surface area contributed by atoms with Crippen molar-refractivity contribution in [1.29, 1.82) is 0 Å². The van der Waals surface area contributed by atoms with Crippen LogP contribution in [0, 0.1) is 0 Å². The van der Waals surface area contributed by atoms with Crippen LogP contribution < -0.4 is 0 Å². The molecule has 0 amide bonds. The normalized spacial score (nSPS) is 11.2. The molecule has 0 aromatic heterocycles. The van der Waals surface area contributed by atoms with Crippen LogP contribution in [0.5, 0.6) is 0 Å². The van der Waals surface area contributed by atoms with Gasteiger partial charge in [0, 0.05) is 19.2 Å². The minimum absolute atomic E-state index is 0.337. The van der Waals surface area contributed by atoms with Crippen LogP contribution in [0.1, 0.15) is 0 Å². The highest BCUT2D eigenvalue weighted by Crippen LogP contribution is 1.83. The van der Waals surface area contributed by atoms with E-state index in [0.717, 1.165) is 6.08 Å². The average molecular weight is 161 g/mol. The lowest BCUT2D eigenvalue weighted by atomic mass is 10.4. The monoisotopic (exact) mass is 161 g/mol. The SMILES string of the molecule is CN(C/C=C/C(=O)O)CCF. The van der Waals surface area contributed by atoms with E-state index in [4.69, 9.17) is 5.11 Å². The first kappa shape index (κ1) is 10.1. The Bertz CT molecular complexity index is 147. The number of carboxylic acids is 1. The molecule has 4 heteroatoms. The summed E-state index contributed by atoms with van der Waals surface area (Å²) in [6.07, 6.45) is 2.53. The molecule has 0 radical (unpaired) electrons. The summed E-state index contributed by atoms with van der Waals surface area (Å²) in [5.41, 5.74) is 0. The third-order valence-corrected chi connectivity index (χ3v) is 1.14. The van der Waals surface area contributed by atoms with Crippen molar-refractivity contribution in [3.05, 3.63) is 12.2 Å². The Balaban J connectivity index is 3.44. The van der Waals surface area contributed by atoms with Crippen molar-refractivity contribution in [2.75, 3.05) is 26.8 Å². The van der Waals surface area contributed by atoms with Gasteiger partial charge in [0.15, 0.2) is 0 Å². The average Bonchev–Trinajstić information content (AvgIpc) is 1.87. The van der Waals surface area contributed by atoms with Crippen molar-refractivity contribution in [2.45, 2.75) is 0 Å². The Morgan fingerprint density at radius 2 is 2.36 bits per heavy atom. The molecule has 0 aromatic carbocycles. The van der Waals surface area contributed by atoms with E-state index in [9.17, 15) is 9.18 Å². The summed E-state index contributed by atoms with van der Waals surface area (Å²) in [6, 6.07) is 0. The number of likely N-dealkylation sites (N-methyl/N-ethyl adjacent to an activating group) is 1. The lowest BCUT2D eigenvalue weighted by Gasteiger charge is -2.09. The molecule has 3 nitrogen and oxygen atoms in total. The molecule has 0 unspecified atom stereocenters. The number of carboxylic acid groups (broad SMARTS) is 1. The minimum Gasteiger partial charge on any atom is -0.478 e. The van der Waals surface area contributed by atoms with Crippen LogP contribution in [0.25, 0.3) is 0 Å². The molecular formula is C7H12FNO2. The Kier molecular flexibility index (Phi) is 5.37. The fourth-order valence-electron chi connectivity index (χ4n) is 0.569. The van der Waals surface area contributed by atoms with Gasteiger partial charge in [0.25, 0.3) is 0 Å². The molecule has 64 valence electrons. The van der Waals surface area contributed by atoms with Gasteiger partial charge in [0.2, 0.25) is 0 Å². The Morgan fingerprint density at radius 1 is 1.73 bits per heavy atom. The van der Waals surface area contributed by atoms with Crippen LogP contribution in [0.4, 0.5) is 4.39 Å². The van der Waals surface area contributed by atoms with E-state index in [1.54, 1.807) is 11.9 Å². The van der Waals surface area contributed by atoms with E-state index in [0.29, 0.717) is 13.1 Å². The van der Waals surface area contributed by atoms with Crippen molar-refractivity contribution in [3.8, 4) is 0 Å². The zero-order chi connectivity index (χ0) is 8.69. The van der Waals surface area contributed by atoms with Gasteiger partial charge in [-0.1, -0.05) is 6.08 Å². The molecule has 0 fully saturated rings. The molecular weight excluding hydrogens is 149 g/mol. The molecule has 0 saturated heterocycles. The molecule has 0 aliphatic rings. The van der Waals surface area contributed by atoms with Gasteiger partial charge in [-0.05, 0) is 7.05 Å². The lowest BCUT2D eigenvalue weighted by molar-refractivity contribution is -0.131. The van der Waals surface area contributed by atoms with Gasteiger partial charge in [-0.2, -0.15) is 0 Å². The summed E-state index contributed by atoms with van der Waals surface area (Å²) < 4.78 is 11.6. The Labute approximate surface area is 65.1 Å². The highest BCUT2D eigenvalue weighted by Gasteiger charge is 1.93. The lowest BCUT2D eigenvalue weighted by Crippen LogP contribution is -2.20. The molecule has 0 aliphatic heterocycles. The predicted octanol–water partition coefficient (Wildman–Crippen LogP) is 0.528. The zero-order valence-electron chi connectivity index (χ0n) is 6.46. The predicted molar refractivity (Wildman–Crippen MR) is 40.2 cm³/mol. The van der Waals surface area contributed by atoms with E-state index in [1.807, 2.05) is 0 Å². The van der Waals surface area contributed by atoms with Crippen LogP contribution in [0.15, 0.2) is 12.2 Å². The van der Waals surface area contributed by atoms with Crippen LogP contribution in [0.2, 0.25) is 0 Å². The maximum absolute atomic E-state index is 11.6. The Morgan fingerprint density at radius 3 is 2.82 bits per heavy atom. The maximum Gasteiger partial charge on any atom is 0.328 e. The first-order valence-corrected chi connectivity index (χ1v) is 3.30. The third kappa shape index (κ3) is 6.99. The van der Waals surface area contributed by atoms with Crippen molar-refractivity contribution >= 4 is 5.97 Å². The number of carbonyl (C=O) groups is 1. The zero-order valence-corrected chi connectivity index (χ0v) is 6.46. The van der Waals surface area contributed by atoms with Crippen LogP contribution in [-0.4, -0.2) is 42.8 Å². The highest BCUT2D eigenvalue weighted by molar-refractivity contribution is 5.79. The Hall–Kier alpha value is -0.900. The molecule has 0 atom stereocenters. The standard InChI is InChI=1S/C7H12FNO2/c1-9(6-4-8)5-2-3-7(10)11/h2-3H,4-6H2,1H3,(H,10,11)/b3-2+. The fraction of sp³-hybridized carbons (Fsp3) is 0.571. The number of hydrogen-bond acceptors (Lipinski definition) is 2. The molecule has 0 aromatic rings. The van der Waals surface area contributed by atoms with E-state index < -0.39 is 12.6 Å². The van der Waals surface area contributed by atoms with E-state index >= 15 is 0 Å². The molecule has 0 aliphatic carbocycles. The summed E-state index contributed by atoms with van der Waals surface area (Å²) >= 11 is 0. The maximum atomic E-state index is 11.6. The molecule has 11 heavy (non-hydrogen) atoms. The molecule has 0 saturated carbocycles. The molecule has 0 rings (SSSR count). The van der Waals surface area contributed by atoms with Crippen LogP contribution in [-0.2, 0) is 4.79 Å². The fourth-order valence-corrected chi connectivity index (χ4v) is 0.569. The number of hydrogen-bond donors (Lipinski definition) is 1. The number of rotatable bonds is 5. The minimum atomic E-state index is -0.973. The van der Waals surface area contributed by atoms with Crippen molar-refractivity contribution in [2.24, 2.45) is 0 Å². The number of alkyl halides is 1. The van der Waals surface area contributed by atoms with Crippen LogP contribution >= 0.6 is 0 Å². The van der Waals surface area contributed by atoms with Gasteiger partial charge in [0.1, 0.15) is 6.67 Å². The number of aliphatic carboxylic acids is 1. The molecule has 0 spiro atoms. The first-order valence-electron chi connectivity index (χ1n) is 3.30. The number of nitrogens with zero attached hydrogens (tertiary/aromatic N) is 1. The smallest absolute Gasteiger partial charge is 0.328 e. The summed E-state index contributed by atoms with van der Waals surface area (Å²) in [5, 5.41) is 8.18. The van der Waals surface area contributed by atoms with Gasteiger partial charge >= 0.3 is 5.97 Å². The van der Waals surface area contributed by atoms with Gasteiger partial charge in [-0.15, -0.1) is 0 Å². The number of halogens is 1. The van der Waals surface area contributed by atoms with Gasteiger partial charge in [-0.3, -0.25) is 0 Å². The molecule has 0 heterocycles. The second kappa shape index (κ2) is 5.85. The van der Waals surface area contributed by atoms with Crippen LogP contribution in [0.3, 0.4) is 0 Å². The van der Waals surface area contributed by atoms with E-state index in [1.165, 1.54) is 6.08 Å². The van der Waals surface area contributed by atoms with Crippen molar-refractivity contribution in [3.63, 3.8) is 0 Å². The third-order valence-electron chi connectivity index (χ3n) is 1.14. The largest absolute Gasteiger partial charge is 0.478 e. The van der Waals surface area contributed by atoms with E-state index in [-0.39, 0.29) is 0 Å². The van der Waals surface area contributed by atoms with Crippen molar-refractivity contribution < 1.29 is 14.3 Å². The summed E-state index contributed by atoms with van der Waals surface area (Å²) in [6.45, 7) is 0.400. The van der Waals surface area contributed by atoms with E-state index in [2.05, 4.69) is 0 Å².